The monoisotopic (exact) mass is 1210 g/mol. The van der Waals surface area contributed by atoms with Crippen LogP contribution in [0.5, 0.6) is 0 Å². The van der Waals surface area contributed by atoms with Crippen LogP contribution in [0.2, 0.25) is 0 Å². The van der Waals surface area contributed by atoms with E-state index in [2.05, 4.69) is 51.4 Å². The van der Waals surface area contributed by atoms with E-state index >= 15 is 0 Å². The van der Waals surface area contributed by atoms with Gasteiger partial charge in [0.25, 0.3) is 0 Å². The quantitative estimate of drug-likeness (QED) is 0.0128. The van der Waals surface area contributed by atoms with Crippen LogP contribution in [0, 0.1) is 5.92 Å². The molecular weight excluding hydrogens is 1130 g/mol. The second kappa shape index (κ2) is 33.9. The Balaban J connectivity index is 2.34. The van der Waals surface area contributed by atoms with Gasteiger partial charge in [-0.1, -0.05) is 13.8 Å². The number of rotatable bonds is 36. The van der Waals surface area contributed by atoms with Crippen LogP contribution in [0.4, 0.5) is 0 Å². The van der Waals surface area contributed by atoms with Crippen molar-refractivity contribution in [2.24, 2.45) is 39.6 Å². The number of phosphoric acid groups is 1. The minimum Gasteiger partial charge on any atom is -0.480 e. The highest BCUT2D eigenvalue weighted by Gasteiger charge is 2.43. The topological polar surface area (TPSA) is 623 Å². The van der Waals surface area contributed by atoms with Gasteiger partial charge in [-0.15, -0.1) is 0 Å². The zero-order valence-electron chi connectivity index (χ0n) is 45.7. The number of hydrogen-bond donors (Lipinski definition) is 20. The van der Waals surface area contributed by atoms with Crippen LogP contribution in [0.25, 0.3) is 0 Å². The molecule has 466 valence electrons. The fraction of sp³-hybridized carbons (Fsp3) is 0.644. The van der Waals surface area contributed by atoms with Gasteiger partial charge in [-0.2, -0.15) is 0 Å². The molecule has 0 saturated carbocycles. The Morgan fingerprint density at radius 1 is 0.723 bits per heavy atom. The standard InChI is InChI=1S/C45H76N17O20P/c1-19(2)32(41(74)56-26(44(77)78)13-22-15-51-18-53-22)59-37(70)25(14-31(48)67)55-40(73)29-8-6-12-62(29)43(76)34(21(4)65)61-39(72)28(17-82-83(79,80)81)58-42(75)33(20(3)64)60-38(71)27(16-63)57-36(69)24(7-5-11-52-45(49)50)54-35(68)23(46)9-10-30(47)66/h15,18-21,23-29,32-34,63-65H,5-14,16-17,46H2,1-4H3,(H2,47,66)(H2,48,67)(H,51,53)(H,54,68)(H,55,73)(H,56,74)(H,57,69)(H,58,75)(H,59,70)(H,60,71)(H,61,72)(H,77,78)(H4,49,50,52)(H2,79,80,81)/t20-,21-,23+,24+,25+,26+,27+,28+,29+,32+,33+,34+/m1/s1. The van der Waals surface area contributed by atoms with E-state index in [1.807, 2.05) is 10.6 Å². The summed E-state index contributed by atoms with van der Waals surface area (Å²) in [5, 5.41) is 59.1. The number of phosphoric ester groups is 1. The van der Waals surface area contributed by atoms with Gasteiger partial charge < -0.3 is 111 Å². The van der Waals surface area contributed by atoms with E-state index in [-0.39, 0.29) is 64.0 Å². The van der Waals surface area contributed by atoms with Crippen LogP contribution in [0.3, 0.4) is 0 Å². The van der Waals surface area contributed by atoms with Crippen LogP contribution in [-0.2, 0) is 73.0 Å². The molecule has 25 N–H and O–H groups in total. The number of aromatic amines is 1. The summed E-state index contributed by atoms with van der Waals surface area (Å²) in [6.45, 7) is 2.16. The molecule has 1 fully saturated rings. The van der Waals surface area contributed by atoms with E-state index in [1.165, 1.54) is 26.4 Å². The van der Waals surface area contributed by atoms with E-state index < -0.39 is 177 Å². The summed E-state index contributed by atoms with van der Waals surface area (Å²) in [6.07, 6.45) is -2.82. The second-order valence-corrected chi connectivity index (χ2v) is 20.7. The lowest BCUT2D eigenvalue weighted by Gasteiger charge is -2.32. The van der Waals surface area contributed by atoms with E-state index in [0.717, 1.165) is 18.7 Å². The highest BCUT2D eigenvalue weighted by molar-refractivity contribution is 7.46. The number of likely N-dealkylation sites (tertiary alicyclic amines) is 1. The van der Waals surface area contributed by atoms with Crippen LogP contribution in [0.15, 0.2) is 17.5 Å². The minimum atomic E-state index is -5.48. The molecule has 1 aliphatic heterocycles. The fourth-order valence-corrected chi connectivity index (χ4v) is 8.23. The lowest BCUT2D eigenvalue weighted by atomic mass is 10.0. The number of aliphatic hydroxyl groups is 3. The number of aliphatic carboxylic acids is 1. The number of amides is 11. The lowest BCUT2D eigenvalue weighted by Crippen LogP contribution is -2.63. The third-order valence-corrected chi connectivity index (χ3v) is 12.8. The van der Waals surface area contributed by atoms with Gasteiger partial charge in [0.1, 0.15) is 54.4 Å². The highest BCUT2D eigenvalue weighted by atomic mass is 31.2. The summed E-state index contributed by atoms with van der Waals surface area (Å²) in [5.41, 5.74) is 27.4. The third kappa shape index (κ3) is 24.6. The van der Waals surface area contributed by atoms with Crippen molar-refractivity contribution in [3.05, 3.63) is 18.2 Å². The van der Waals surface area contributed by atoms with Gasteiger partial charge >= 0.3 is 13.8 Å². The number of imidazole rings is 1. The summed E-state index contributed by atoms with van der Waals surface area (Å²) >= 11 is 0. The number of nitrogens with one attached hydrogen (secondary N) is 9. The number of carboxylic acids is 1. The highest BCUT2D eigenvalue weighted by Crippen LogP contribution is 2.35. The number of nitrogens with zero attached hydrogens (tertiary/aromatic N) is 3. The Labute approximate surface area is 473 Å². The summed E-state index contributed by atoms with van der Waals surface area (Å²) < 4.78 is 16.3. The minimum absolute atomic E-state index is 0.0386. The van der Waals surface area contributed by atoms with Gasteiger partial charge in [0.2, 0.25) is 65.0 Å². The molecule has 0 aromatic carbocycles. The normalized spacial score (nSPS) is 17.2. The van der Waals surface area contributed by atoms with Crippen molar-refractivity contribution in [1.29, 1.82) is 0 Å². The number of primary amides is 2. The van der Waals surface area contributed by atoms with Crippen LogP contribution in [0.1, 0.15) is 78.3 Å². The molecule has 0 aliphatic carbocycles. The molecule has 0 spiro atoms. The molecule has 0 unspecified atom stereocenters. The Morgan fingerprint density at radius 3 is 1.80 bits per heavy atom. The van der Waals surface area contributed by atoms with E-state index in [4.69, 9.17) is 28.7 Å². The molecule has 1 saturated heterocycles. The van der Waals surface area contributed by atoms with Crippen molar-refractivity contribution in [2.45, 2.75) is 152 Å². The molecule has 37 nitrogen and oxygen atoms in total. The number of aromatic nitrogens is 2. The maximum absolute atomic E-state index is 14.2. The number of nitrogens with two attached hydrogens (primary N) is 5. The van der Waals surface area contributed by atoms with Crippen LogP contribution >= 0.6 is 7.82 Å². The molecule has 11 amide bonds. The third-order valence-electron chi connectivity index (χ3n) is 12.3. The first-order valence-electron chi connectivity index (χ1n) is 25.7. The number of carbonyl (C=O) groups is 12. The van der Waals surface area contributed by atoms with Crippen molar-refractivity contribution in [3.8, 4) is 0 Å². The molecule has 83 heavy (non-hydrogen) atoms. The van der Waals surface area contributed by atoms with E-state index in [1.54, 1.807) is 0 Å². The maximum Gasteiger partial charge on any atom is 0.469 e. The number of hydrogen-bond acceptors (Lipinski definition) is 20. The first kappa shape index (κ1) is 71.2. The van der Waals surface area contributed by atoms with Crippen molar-refractivity contribution in [3.63, 3.8) is 0 Å². The molecule has 12 atom stereocenters. The molecular formula is C45H76N17O20P. The average molecular weight is 1210 g/mol. The molecule has 2 rings (SSSR count). The lowest BCUT2D eigenvalue weighted by molar-refractivity contribution is -0.145. The Kier molecular flexibility index (Phi) is 29.0. The molecule has 1 aromatic rings. The average Bonchev–Trinajstić information content (AvgIpc) is 4.31. The smallest absolute Gasteiger partial charge is 0.469 e. The number of aliphatic imine (C=N–C) groups is 1. The molecule has 0 radical (unpaired) electrons. The Morgan fingerprint density at radius 2 is 1.27 bits per heavy atom. The summed E-state index contributed by atoms with van der Waals surface area (Å²) in [6, 6.07) is -17.4. The van der Waals surface area contributed by atoms with Gasteiger partial charge in [0.05, 0.1) is 44.2 Å². The van der Waals surface area contributed by atoms with Gasteiger partial charge in [0.15, 0.2) is 5.96 Å². The Hall–Kier alpha value is -7.93. The van der Waals surface area contributed by atoms with Crippen molar-refractivity contribution in [1.82, 2.24) is 57.4 Å². The molecule has 38 heteroatoms. The summed E-state index contributed by atoms with van der Waals surface area (Å²) in [4.78, 5) is 188. The van der Waals surface area contributed by atoms with Crippen LogP contribution in [-0.4, -0.2) is 221 Å². The predicted molar refractivity (Wildman–Crippen MR) is 284 cm³/mol. The van der Waals surface area contributed by atoms with Crippen molar-refractivity contribution in [2.75, 3.05) is 26.3 Å². The molecule has 0 bridgehead atoms. The zero-order chi connectivity index (χ0) is 63.1. The van der Waals surface area contributed by atoms with Gasteiger partial charge in [-0.25, -0.2) is 14.3 Å². The number of guanidine groups is 1. The SMILES string of the molecule is CC(C)[C@H](NC(=O)[C@H](CC(N)=O)NC(=O)[C@@H]1CCCN1C(=O)[C@@H](NC(=O)[C@H](COP(=O)(O)O)NC(=O)[C@@H](NC(=O)[C@H](CO)NC(=O)[C@H](CCCN=C(N)N)NC(=O)[C@@H](N)CCC(N)=O)[C@@H](C)O)[C@@H](C)O)C(=O)N[C@@H](Cc1cnc[nH]1)C(=O)O. The fourth-order valence-electron chi connectivity index (χ4n) is 7.89. The van der Waals surface area contributed by atoms with Gasteiger partial charge in [-0.05, 0) is 51.9 Å². The first-order valence-corrected chi connectivity index (χ1v) is 27.2. The number of H-pyrrole nitrogens is 1. The number of carboxylic acid groups (broad SMARTS) is 1. The summed E-state index contributed by atoms with van der Waals surface area (Å²) in [5.74, 6) is -15.0. The number of aliphatic hydroxyl groups excluding tert-OH is 3. The van der Waals surface area contributed by atoms with E-state index in [9.17, 15) is 92.3 Å². The zero-order valence-corrected chi connectivity index (χ0v) is 46.6. The van der Waals surface area contributed by atoms with Crippen molar-refractivity contribution < 1.29 is 96.8 Å². The largest absolute Gasteiger partial charge is 0.480 e. The maximum atomic E-state index is 14.2. The van der Waals surface area contributed by atoms with E-state index in [0.29, 0.717) is 5.69 Å². The molecule has 2 heterocycles. The van der Waals surface area contributed by atoms with Crippen LogP contribution < -0.4 is 71.2 Å². The summed E-state index contributed by atoms with van der Waals surface area (Å²) in [7, 11) is -5.48. The Bertz CT molecular complexity index is 2530. The molecule has 1 aliphatic rings. The number of carbonyl (C=O) groups excluding carboxylic acids is 11. The van der Waals surface area contributed by atoms with Gasteiger partial charge in [0, 0.05) is 37.8 Å². The molecule has 1 aromatic heterocycles. The predicted octanol–water partition coefficient (Wildman–Crippen LogP) is -10.1. The second-order valence-electron chi connectivity index (χ2n) is 19.5. The van der Waals surface area contributed by atoms with Gasteiger partial charge in [-0.3, -0.25) is 62.3 Å². The van der Waals surface area contributed by atoms with Crippen molar-refractivity contribution >= 4 is 84.7 Å². The first-order chi connectivity index (χ1) is 38.7.